The van der Waals surface area contributed by atoms with Gasteiger partial charge in [0.2, 0.25) is 5.91 Å². The van der Waals surface area contributed by atoms with Crippen LogP contribution in [-0.2, 0) is 4.79 Å². The van der Waals surface area contributed by atoms with Crippen molar-refractivity contribution in [2.24, 2.45) is 0 Å². The van der Waals surface area contributed by atoms with E-state index in [0.29, 0.717) is 10.7 Å². The number of amides is 1. The van der Waals surface area contributed by atoms with Crippen molar-refractivity contribution >= 4 is 23.2 Å². The van der Waals surface area contributed by atoms with Gasteiger partial charge in [-0.2, -0.15) is 0 Å². The van der Waals surface area contributed by atoms with Crippen molar-refractivity contribution in [2.75, 3.05) is 5.32 Å². The van der Waals surface area contributed by atoms with Gasteiger partial charge in [0.1, 0.15) is 6.04 Å². The standard InChI is InChI=1S/C15H15ClN2O2/c1-10-6-5-9-14(19)18(10)11(2)15(20)17-13-8-4-3-7-12(13)16/h3-9,11H,1-2H3,(H,17,20). The van der Waals surface area contributed by atoms with Crippen LogP contribution in [0.25, 0.3) is 0 Å². The second-order valence-electron chi connectivity index (χ2n) is 4.52. The molecule has 1 aromatic heterocycles. The van der Waals surface area contributed by atoms with Crippen molar-refractivity contribution in [1.29, 1.82) is 0 Å². The number of anilines is 1. The van der Waals surface area contributed by atoms with Gasteiger partial charge in [-0.25, -0.2) is 0 Å². The lowest BCUT2D eigenvalue weighted by atomic mass is 10.2. The molecule has 0 bridgehead atoms. The van der Waals surface area contributed by atoms with E-state index in [9.17, 15) is 9.59 Å². The molecule has 1 heterocycles. The normalized spacial score (nSPS) is 11.9. The van der Waals surface area contributed by atoms with Crippen LogP contribution in [0.5, 0.6) is 0 Å². The molecule has 1 amide bonds. The number of nitrogens with one attached hydrogen (secondary N) is 1. The third kappa shape index (κ3) is 2.91. The summed E-state index contributed by atoms with van der Waals surface area (Å²) in [5.41, 5.74) is 1.07. The number of benzene rings is 1. The molecule has 0 fully saturated rings. The number of pyridine rings is 1. The average molecular weight is 291 g/mol. The fourth-order valence-electron chi connectivity index (χ4n) is 2.02. The van der Waals surface area contributed by atoms with Crippen LogP contribution in [0.3, 0.4) is 0 Å². The molecule has 20 heavy (non-hydrogen) atoms. The number of carbonyl (C=O) groups is 1. The smallest absolute Gasteiger partial charge is 0.251 e. The highest BCUT2D eigenvalue weighted by molar-refractivity contribution is 6.33. The predicted molar refractivity (Wildman–Crippen MR) is 80.2 cm³/mol. The van der Waals surface area contributed by atoms with Gasteiger partial charge in [-0.15, -0.1) is 0 Å². The number of hydrogen-bond donors (Lipinski definition) is 1. The van der Waals surface area contributed by atoms with E-state index < -0.39 is 6.04 Å². The molecule has 0 saturated heterocycles. The lowest BCUT2D eigenvalue weighted by Gasteiger charge is -2.17. The van der Waals surface area contributed by atoms with Crippen LogP contribution < -0.4 is 10.9 Å². The summed E-state index contributed by atoms with van der Waals surface area (Å²) in [4.78, 5) is 24.1. The summed E-state index contributed by atoms with van der Waals surface area (Å²) >= 11 is 6.00. The first kappa shape index (κ1) is 14.3. The molecular formula is C15H15ClN2O2. The molecule has 1 unspecified atom stereocenters. The van der Waals surface area contributed by atoms with Crippen molar-refractivity contribution in [3.8, 4) is 0 Å². The molecule has 0 radical (unpaired) electrons. The Morgan fingerprint density at radius 2 is 1.90 bits per heavy atom. The van der Waals surface area contributed by atoms with Crippen LogP contribution >= 0.6 is 11.6 Å². The van der Waals surface area contributed by atoms with Gasteiger partial charge in [0.15, 0.2) is 0 Å². The van der Waals surface area contributed by atoms with Crippen LogP contribution in [0, 0.1) is 6.92 Å². The van der Waals surface area contributed by atoms with Gasteiger partial charge in [-0.3, -0.25) is 9.59 Å². The maximum absolute atomic E-state index is 12.2. The largest absolute Gasteiger partial charge is 0.323 e. The average Bonchev–Trinajstić information content (AvgIpc) is 2.41. The Bertz CT molecular complexity index is 694. The summed E-state index contributed by atoms with van der Waals surface area (Å²) in [7, 11) is 0. The van der Waals surface area contributed by atoms with E-state index >= 15 is 0 Å². The van der Waals surface area contributed by atoms with Gasteiger partial charge in [0, 0.05) is 11.8 Å². The molecule has 0 spiro atoms. The molecule has 1 atom stereocenters. The predicted octanol–water partition coefficient (Wildman–Crippen LogP) is 3.01. The SMILES string of the molecule is Cc1cccc(=O)n1C(C)C(=O)Nc1ccccc1Cl. The second-order valence-corrected chi connectivity index (χ2v) is 4.93. The topological polar surface area (TPSA) is 51.1 Å². The monoisotopic (exact) mass is 290 g/mol. The van der Waals surface area contributed by atoms with Crippen molar-refractivity contribution in [2.45, 2.75) is 19.9 Å². The molecular weight excluding hydrogens is 276 g/mol. The first-order valence-electron chi connectivity index (χ1n) is 6.24. The molecule has 5 heteroatoms. The fraction of sp³-hybridized carbons (Fsp3) is 0.200. The maximum atomic E-state index is 12.2. The molecule has 1 N–H and O–H groups in total. The number of halogens is 1. The number of aryl methyl sites for hydroxylation is 1. The zero-order valence-corrected chi connectivity index (χ0v) is 12.0. The van der Waals surface area contributed by atoms with Gasteiger partial charge in [0.25, 0.3) is 5.56 Å². The Hall–Kier alpha value is -2.07. The molecule has 0 saturated carbocycles. The fourth-order valence-corrected chi connectivity index (χ4v) is 2.20. The van der Waals surface area contributed by atoms with Gasteiger partial charge >= 0.3 is 0 Å². The van der Waals surface area contributed by atoms with E-state index in [2.05, 4.69) is 5.32 Å². The molecule has 1 aromatic carbocycles. The van der Waals surface area contributed by atoms with Crippen molar-refractivity contribution in [3.63, 3.8) is 0 Å². The van der Waals surface area contributed by atoms with Gasteiger partial charge in [-0.05, 0) is 32.0 Å². The van der Waals surface area contributed by atoms with Crippen LogP contribution in [0.4, 0.5) is 5.69 Å². The van der Waals surface area contributed by atoms with E-state index in [-0.39, 0.29) is 11.5 Å². The summed E-state index contributed by atoms with van der Waals surface area (Å²) in [5.74, 6) is -0.283. The summed E-state index contributed by atoms with van der Waals surface area (Å²) in [6, 6.07) is 11.3. The molecule has 0 aliphatic heterocycles. The van der Waals surface area contributed by atoms with Gasteiger partial charge in [0.05, 0.1) is 10.7 Å². The minimum atomic E-state index is -0.611. The van der Waals surface area contributed by atoms with Gasteiger partial charge < -0.3 is 9.88 Å². The number of rotatable bonds is 3. The molecule has 104 valence electrons. The van der Waals surface area contributed by atoms with Crippen LogP contribution in [0.2, 0.25) is 5.02 Å². The quantitative estimate of drug-likeness (QED) is 0.945. The number of carbonyl (C=O) groups excluding carboxylic acids is 1. The van der Waals surface area contributed by atoms with E-state index in [0.717, 1.165) is 5.69 Å². The van der Waals surface area contributed by atoms with Crippen molar-refractivity contribution in [3.05, 3.63) is 63.5 Å². The molecule has 2 rings (SSSR count). The second kappa shape index (κ2) is 5.92. The molecule has 4 nitrogen and oxygen atoms in total. The lowest BCUT2D eigenvalue weighted by Crippen LogP contribution is -2.32. The van der Waals surface area contributed by atoms with Gasteiger partial charge in [-0.1, -0.05) is 29.8 Å². The zero-order valence-electron chi connectivity index (χ0n) is 11.3. The minimum Gasteiger partial charge on any atom is -0.323 e. The number of aromatic nitrogens is 1. The Kier molecular flexibility index (Phi) is 4.25. The third-order valence-corrected chi connectivity index (χ3v) is 3.42. The summed E-state index contributed by atoms with van der Waals surface area (Å²) < 4.78 is 1.45. The van der Waals surface area contributed by atoms with E-state index in [1.165, 1.54) is 10.6 Å². The first-order chi connectivity index (χ1) is 9.50. The number of nitrogens with zero attached hydrogens (tertiary/aromatic N) is 1. The highest BCUT2D eigenvalue weighted by Gasteiger charge is 2.18. The van der Waals surface area contributed by atoms with Crippen molar-refractivity contribution in [1.82, 2.24) is 4.57 Å². The van der Waals surface area contributed by atoms with Crippen LogP contribution in [0.1, 0.15) is 18.7 Å². The Morgan fingerprint density at radius 1 is 1.20 bits per heavy atom. The van der Waals surface area contributed by atoms with E-state index in [1.54, 1.807) is 50.2 Å². The molecule has 0 aliphatic rings. The Morgan fingerprint density at radius 3 is 2.55 bits per heavy atom. The number of hydrogen-bond acceptors (Lipinski definition) is 2. The lowest BCUT2D eigenvalue weighted by molar-refractivity contribution is -0.118. The number of para-hydroxylation sites is 1. The van der Waals surface area contributed by atoms with E-state index in [1.807, 2.05) is 0 Å². The highest BCUT2D eigenvalue weighted by Crippen LogP contribution is 2.21. The molecule has 2 aromatic rings. The Balaban J connectivity index is 2.26. The van der Waals surface area contributed by atoms with Crippen LogP contribution in [-0.4, -0.2) is 10.5 Å². The Labute approximate surface area is 122 Å². The van der Waals surface area contributed by atoms with E-state index in [4.69, 9.17) is 11.6 Å². The van der Waals surface area contributed by atoms with Crippen molar-refractivity contribution < 1.29 is 4.79 Å². The zero-order chi connectivity index (χ0) is 14.7. The summed E-state index contributed by atoms with van der Waals surface area (Å²) in [6.45, 7) is 3.47. The summed E-state index contributed by atoms with van der Waals surface area (Å²) in [5, 5.41) is 3.20. The molecule has 0 aliphatic carbocycles. The summed E-state index contributed by atoms with van der Waals surface area (Å²) in [6.07, 6.45) is 0. The maximum Gasteiger partial charge on any atom is 0.251 e. The van der Waals surface area contributed by atoms with Crippen LogP contribution in [0.15, 0.2) is 47.3 Å². The highest BCUT2D eigenvalue weighted by atomic mass is 35.5. The first-order valence-corrected chi connectivity index (χ1v) is 6.62. The third-order valence-electron chi connectivity index (χ3n) is 3.09. The minimum absolute atomic E-state index is 0.202.